The minimum Gasteiger partial charge on any atom is -0.258 e. The molecule has 0 unspecified atom stereocenters. The van der Waals surface area contributed by atoms with Gasteiger partial charge in [-0.05, 0) is 16.5 Å². The van der Waals surface area contributed by atoms with Gasteiger partial charge in [0.1, 0.15) is 6.54 Å². The van der Waals surface area contributed by atoms with Crippen molar-refractivity contribution >= 4 is 17.5 Å². The average molecular weight is 246 g/mol. The fourth-order valence-corrected chi connectivity index (χ4v) is 1.17. The van der Waals surface area contributed by atoms with Crippen LogP contribution in [0.1, 0.15) is 5.56 Å². The maximum absolute atomic E-state index is 10.4. The molecule has 0 aliphatic heterocycles. The van der Waals surface area contributed by atoms with Crippen LogP contribution in [-0.4, -0.2) is 21.0 Å². The van der Waals surface area contributed by atoms with Crippen molar-refractivity contribution in [2.24, 2.45) is 0 Å². The number of hydrazine groups is 1. The molecule has 0 spiro atoms. The van der Waals surface area contributed by atoms with E-state index in [-0.39, 0.29) is 12.2 Å². The van der Waals surface area contributed by atoms with Gasteiger partial charge in [-0.2, -0.15) is 0 Å². The van der Waals surface area contributed by atoms with Crippen molar-refractivity contribution in [1.29, 1.82) is 0 Å². The molecule has 0 aliphatic carbocycles. The van der Waals surface area contributed by atoms with E-state index in [1.54, 1.807) is 12.1 Å². The van der Waals surface area contributed by atoms with Gasteiger partial charge < -0.3 is 0 Å². The van der Waals surface area contributed by atoms with Crippen molar-refractivity contribution < 1.29 is 9.96 Å². The van der Waals surface area contributed by atoms with Crippen LogP contribution in [0.4, 0.5) is 5.69 Å². The molecule has 0 radical (unpaired) electrons. The standard InChI is InChI=1S/C8H8ClN3O4/c9-10(12(15)16)6-5-7-1-3-8(4-2-7)11(13)14/h1-4H,5-6H2. The lowest BCUT2D eigenvalue weighted by Crippen LogP contribution is -2.22. The zero-order valence-electron chi connectivity index (χ0n) is 8.08. The zero-order valence-corrected chi connectivity index (χ0v) is 8.83. The van der Waals surface area contributed by atoms with Crippen molar-refractivity contribution in [3.8, 4) is 0 Å². The van der Waals surface area contributed by atoms with Crippen LogP contribution in [0.2, 0.25) is 0 Å². The van der Waals surface area contributed by atoms with E-state index in [0.29, 0.717) is 10.9 Å². The SMILES string of the molecule is O=[N+]([O-])c1ccc(CCN(Cl)[N+](=O)[O-])cc1. The highest BCUT2D eigenvalue weighted by Crippen LogP contribution is 2.12. The molecule has 86 valence electrons. The van der Waals surface area contributed by atoms with Gasteiger partial charge in [0, 0.05) is 12.1 Å². The van der Waals surface area contributed by atoms with Crippen LogP contribution in [-0.2, 0) is 6.42 Å². The van der Waals surface area contributed by atoms with Crippen LogP contribution >= 0.6 is 11.8 Å². The van der Waals surface area contributed by atoms with Crippen molar-refractivity contribution in [3.05, 3.63) is 50.1 Å². The van der Waals surface area contributed by atoms with Gasteiger partial charge in [0.15, 0.2) is 5.03 Å². The normalized spacial score (nSPS) is 9.81. The summed E-state index contributed by atoms with van der Waals surface area (Å²) in [6.45, 7) is 0.0341. The molecular formula is C8H8ClN3O4. The molecule has 0 heterocycles. The van der Waals surface area contributed by atoms with E-state index in [4.69, 9.17) is 11.8 Å². The van der Waals surface area contributed by atoms with E-state index >= 15 is 0 Å². The Morgan fingerprint density at radius 1 is 1.19 bits per heavy atom. The van der Waals surface area contributed by atoms with Crippen molar-refractivity contribution in [2.45, 2.75) is 6.42 Å². The summed E-state index contributed by atoms with van der Waals surface area (Å²) in [6.07, 6.45) is 0.350. The topological polar surface area (TPSA) is 89.5 Å². The Labute approximate surface area is 95.6 Å². The third-order valence-electron chi connectivity index (χ3n) is 1.91. The van der Waals surface area contributed by atoms with E-state index in [2.05, 4.69) is 0 Å². The fourth-order valence-electron chi connectivity index (χ4n) is 1.09. The molecule has 0 fully saturated rings. The van der Waals surface area contributed by atoms with Gasteiger partial charge in [-0.15, -0.1) is 0 Å². The molecule has 0 aliphatic rings. The maximum Gasteiger partial charge on any atom is 0.269 e. The van der Waals surface area contributed by atoms with Gasteiger partial charge >= 0.3 is 0 Å². The van der Waals surface area contributed by atoms with E-state index in [1.165, 1.54) is 12.1 Å². The monoisotopic (exact) mass is 245 g/mol. The Balaban J connectivity index is 2.56. The Kier molecular flexibility index (Phi) is 4.01. The number of rotatable bonds is 5. The third-order valence-corrected chi connectivity index (χ3v) is 2.20. The molecule has 0 bridgehead atoms. The van der Waals surface area contributed by atoms with Crippen LogP contribution < -0.4 is 0 Å². The lowest BCUT2D eigenvalue weighted by Gasteiger charge is -2.04. The first kappa shape index (κ1) is 12.2. The van der Waals surface area contributed by atoms with Gasteiger partial charge in [-0.3, -0.25) is 10.1 Å². The average Bonchev–Trinajstić information content (AvgIpc) is 2.26. The highest BCUT2D eigenvalue weighted by Gasteiger charge is 2.10. The van der Waals surface area contributed by atoms with Crippen LogP contribution in [0, 0.1) is 20.2 Å². The predicted molar refractivity (Wildman–Crippen MR) is 56.4 cm³/mol. The Morgan fingerprint density at radius 3 is 2.19 bits per heavy atom. The molecule has 0 saturated carbocycles. The second-order valence-corrected chi connectivity index (χ2v) is 3.36. The van der Waals surface area contributed by atoms with Crippen LogP contribution in [0.5, 0.6) is 0 Å². The number of benzene rings is 1. The Hall–Kier alpha value is -1.89. The Bertz CT molecular complexity index is 395. The first-order valence-electron chi connectivity index (χ1n) is 4.31. The van der Waals surface area contributed by atoms with Gasteiger partial charge in [0.25, 0.3) is 5.69 Å². The van der Waals surface area contributed by atoms with Crippen molar-refractivity contribution in [3.63, 3.8) is 0 Å². The number of halogens is 1. The summed E-state index contributed by atoms with van der Waals surface area (Å²) < 4.78 is 0.446. The second-order valence-electron chi connectivity index (χ2n) is 2.97. The van der Waals surface area contributed by atoms with Gasteiger partial charge in [0.05, 0.1) is 16.7 Å². The van der Waals surface area contributed by atoms with E-state index in [0.717, 1.165) is 5.56 Å². The third kappa shape index (κ3) is 3.35. The maximum atomic E-state index is 10.4. The first-order chi connectivity index (χ1) is 7.50. The lowest BCUT2D eigenvalue weighted by atomic mass is 10.1. The van der Waals surface area contributed by atoms with E-state index in [1.807, 2.05) is 0 Å². The van der Waals surface area contributed by atoms with Gasteiger partial charge in [-0.25, -0.2) is 10.1 Å². The molecule has 8 heteroatoms. The molecule has 0 amide bonds. The highest BCUT2D eigenvalue weighted by molar-refractivity contribution is 6.12. The fraction of sp³-hybridized carbons (Fsp3) is 0.250. The molecule has 0 atom stereocenters. The van der Waals surface area contributed by atoms with E-state index in [9.17, 15) is 20.2 Å². The van der Waals surface area contributed by atoms with E-state index < -0.39 is 9.96 Å². The summed E-state index contributed by atoms with van der Waals surface area (Å²) in [5.41, 5.74) is 0.735. The van der Waals surface area contributed by atoms with Crippen LogP contribution in [0.15, 0.2) is 24.3 Å². The largest absolute Gasteiger partial charge is 0.269 e. The molecule has 0 aromatic heterocycles. The molecule has 0 N–H and O–H groups in total. The number of nitro groups is 2. The number of nitrogens with zero attached hydrogens (tertiary/aromatic N) is 3. The summed E-state index contributed by atoms with van der Waals surface area (Å²) >= 11 is 5.27. The summed E-state index contributed by atoms with van der Waals surface area (Å²) in [4.78, 5) is 20.0. The minimum atomic E-state index is -0.729. The molecule has 0 saturated heterocycles. The van der Waals surface area contributed by atoms with Crippen LogP contribution in [0.3, 0.4) is 0 Å². The molecule has 16 heavy (non-hydrogen) atoms. The highest BCUT2D eigenvalue weighted by atomic mass is 35.5. The molecule has 1 aromatic rings. The molecule has 1 aromatic carbocycles. The first-order valence-corrected chi connectivity index (χ1v) is 4.65. The number of hydrogen-bond donors (Lipinski definition) is 0. The number of non-ortho nitro benzene ring substituents is 1. The lowest BCUT2D eigenvalue weighted by molar-refractivity contribution is -0.621. The number of nitro benzene ring substituents is 1. The summed E-state index contributed by atoms with van der Waals surface area (Å²) in [7, 11) is 0. The predicted octanol–water partition coefficient (Wildman–Crippen LogP) is 1.78. The quantitative estimate of drug-likeness (QED) is 0.448. The zero-order chi connectivity index (χ0) is 12.1. The molecular weight excluding hydrogens is 238 g/mol. The van der Waals surface area contributed by atoms with Crippen LogP contribution in [0.25, 0.3) is 0 Å². The Morgan fingerprint density at radius 2 is 1.75 bits per heavy atom. The summed E-state index contributed by atoms with van der Waals surface area (Å²) in [5.74, 6) is 0. The van der Waals surface area contributed by atoms with Gasteiger partial charge in [0.2, 0.25) is 0 Å². The molecule has 7 nitrogen and oxygen atoms in total. The number of hydrogen-bond acceptors (Lipinski definition) is 4. The second kappa shape index (κ2) is 5.26. The van der Waals surface area contributed by atoms with Crippen molar-refractivity contribution in [1.82, 2.24) is 4.53 Å². The summed E-state index contributed by atoms with van der Waals surface area (Å²) in [6, 6.07) is 5.78. The summed E-state index contributed by atoms with van der Waals surface area (Å²) in [5, 5.41) is 19.8. The van der Waals surface area contributed by atoms with Crippen molar-refractivity contribution in [2.75, 3.05) is 6.54 Å². The minimum absolute atomic E-state index is 0.0132. The smallest absolute Gasteiger partial charge is 0.258 e. The van der Waals surface area contributed by atoms with Gasteiger partial charge in [-0.1, -0.05) is 12.1 Å². The molecule has 1 rings (SSSR count).